The molecule has 1 aromatic carbocycles. The summed E-state index contributed by atoms with van der Waals surface area (Å²) in [6.07, 6.45) is 0.990. The first-order valence-electron chi connectivity index (χ1n) is 6.00. The molecule has 19 heavy (non-hydrogen) atoms. The number of nitro benzene ring substituents is 1. The number of nitrogens with two attached hydrogens (primary N) is 1. The number of hydrogen-bond acceptors (Lipinski definition) is 5. The molecule has 7 heteroatoms. The topological polar surface area (TPSA) is 110 Å². The van der Waals surface area contributed by atoms with E-state index < -0.39 is 16.9 Å². The van der Waals surface area contributed by atoms with Gasteiger partial charge in [0.25, 0.3) is 5.69 Å². The maximum Gasteiger partial charge on any atom is 0.293 e. The summed E-state index contributed by atoms with van der Waals surface area (Å²) in [5.74, 6) is -0.701. The van der Waals surface area contributed by atoms with Gasteiger partial charge < -0.3 is 15.7 Å². The number of rotatable bonds is 3. The average molecular weight is 265 g/mol. The molecule has 2 rings (SSSR count). The lowest BCUT2D eigenvalue weighted by atomic mass is 10.1. The van der Waals surface area contributed by atoms with Gasteiger partial charge in [0.1, 0.15) is 5.69 Å². The van der Waals surface area contributed by atoms with Crippen molar-refractivity contribution in [3.8, 4) is 0 Å². The highest BCUT2D eigenvalue weighted by atomic mass is 16.6. The molecule has 1 aromatic rings. The van der Waals surface area contributed by atoms with Crippen LogP contribution >= 0.6 is 0 Å². The van der Waals surface area contributed by atoms with E-state index in [4.69, 9.17) is 5.73 Å². The van der Waals surface area contributed by atoms with Gasteiger partial charge in [-0.15, -0.1) is 0 Å². The van der Waals surface area contributed by atoms with Gasteiger partial charge in [-0.1, -0.05) is 0 Å². The molecule has 1 atom stereocenters. The number of anilines is 1. The molecule has 0 aliphatic carbocycles. The SMILES string of the molecule is NC(=O)c1ccc(N2CCCC(O)C2)c([N+](=O)[O-])c1. The summed E-state index contributed by atoms with van der Waals surface area (Å²) in [6.45, 7) is 1.00. The minimum absolute atomic E-state index is 0.105. The van der Waals surface area contributed by atoms with Gasteiger partial charge in [-0.25, -0.2) is 0 Å². The van der Waals surface area contributed by atoms with Crippen LogP contribution in [0.1, 0.15) is 23.2 Å². The second-order valence-corrected chi connectivity index (χ2v) is 4.57. The molecule has 0 bridgehead atoms. The molecule has 1 fully saturated rings. The summed E-state index contributed by atoms with van der Waals surface area (Å²) in [6, 6.07) is 4.15. The van der Waals surface area contributed by atoms with Gasteiger partial charge >= 0.3 is 0 Å². The highest BCUT2D eigenvalue weighted by Crippen LogP contribution is 2.31. The van der Waals surface area contributed by atoms with Crippen LogP contribution in [0.5, 0.6) is 0 Å². The zero-order valence-electron chi connectivity index (χ0n) is 10.3. The Morgan fingerprint density at radius 3 is 2.84 bits per heavy atom. The van der Waals surface area contributed by atoms with Crippen molar-refractivity contribution in [1.29, 1.82) is 0 Å². The maximum atomic E-state index is 11.1. The number of primary amides is 1. The van der Waals surface area contributed by atoms with E-state index in [-0.39, 0.29) is 11.3 Å². The van der Waals surface area contributed by atoms with Crippen LogP contribution in [0.2, 0.25) is 0 Å². The average Bonchev–Trinajstić information content (AvgIpc) is 2.37. The van der Waals surface area contributed by atoms with E-state index >= 15 is 0 Å². The molecular weight excluding hydrogens is 250 g/mol. The van der Waals surface area contributed by atoms with Crippen molar-refractivity contribution in [3.63, 3.8) is 0 Å². The number of carbonyl (C=O) groups excluding carboxylic acids is 1. The Labute approximate surface area is 109 Å². The lowest BCUT2D eigenvalue weighted by Gasteiger charge is -2.31. The van der Waals surface area contributed by atoms with E-state index in [1.165, 1.54) is 18.2 Å². The predicted molar refractivity (Wildman–Crippen MR) is 69.1 cm³/mol. The minimum atomic E-state index is -0.701. The number of aliphatic hydroxyl groups excluding tert-OH is 1. The fourth-order valence-electron chi connectivity index (χ4n) is 2.26. The number of amides is 1. The van der Waals surface area contributed by atoms with Crippen LogP contribution in [0, 0.1) is 10.1 Å². The fraction of sp³-hybridized carbons (Fsp3) is 0.417. The van der Waals surface area contributed by atoms with Crippen LogP contribution in [0.3, 0.4) is 0 Å². The highest BCUT2D eigenvalue weighted by Gasteiger charge is 2.25. The van der Waals surface area contributed by atoms with Crippen molar-refractivity contribution in [2.75, 3.05) is 18.0 Å². The van der Waals surface area contributed by atoms with Gasteiger partial charge in [0.15, 0.2) is 0 Å². The van der Waals surface area contributed by atoms with E-state index in [0.717, 1.165) is 6.42 Å². The van der Waals surface area contributed by atoms with Crippen molar-refractivity contribution in [2.45, 2.75) is 18.9 Å². The van der Waals surface area contributed by atoms with E-state index in [2.05, 4.69) is 0 Å². The Bertz CT molecular complexity index is 518. The summed E-state index contributed by atoms with van der Waals surface area (Å²) in [7, 11) is 0. The Morgan fingerprint density at radius 1 is 1.53 bits per heavy atom. The molecule has 7 nitrogen and oxygen atoms in total. The molecule has 0 spiro atoms. The first-order chi connectivity index (χ1) is 8.99. The lowest BCUT2D eigenvalue weighted by Crippen LogP contribution is -2.38. The molecular formula is C12H15N3O4. The fourth-order valence-corrected chi connectivity index (χ4v) is 2.26. The van der Waals surface area contributed by atoms with E-state index in [0.29, 0.717) is 25.2 Å². The summed E-state index contributed by atoms with van der Waals surface area (Å²) in [4.78, 5) is 23.4. The van der Waals surface area contributed by atoms with E-state index in [1.54, 1.807) is 4.90 Å². The second kappa shape index (κ2) is 5.23. The van der Waals surface area contributed by atoms with Gasteiger partial charge in [0, 0.05) is 24.7 Å². The van der Waals surface area contributed by atoms with Gasteiger partial charge in [-0.3, -0.25) is 14.9 Å². The predicted octanol–water partition coefficient (Wildman–Crippen LogP) is 0.655. The minimum Gasteiger partial charge on any atom is -0.391 e. The normalized spacial score (nSPS) is 19.2. The smallest absolute Gasteiger partial charge is 0.293 e. The molecule has 1 saturated heterocycles. The molecule has 102 valence electrons. The quantitative estimate of drug-likeness (QED) is 0.616. The number of carbonyl (C=O) groups is 1. The van der Waals surface area contributed by atoms with Crippen molar-refractivity contribution in [3.05, 3.63) is 33.9 Å². The number of aliphatic hydroxyl groups is 1. The number of nitro groups is 1. The molecule has 1 heterocycles. The number of benzene rings is 1. The molecule has 1 aliphatic rings. The van der Waals surface area contributed by atoms with Crippen molar-refractivity contribution < 1.29 is 14.8 Å². The molecule has 0 aromatic heterocycles. The van der Waals surface area contributed by atoms with Crippen molar-refractivity contribution in [1.82, 2.24) is 0 Å². The first kappa shape index (κ1) is 13.3. The summed E-state index contributed by atoms with van der Waals surface area (Å²) < 4.78 is 0. The van der Waals surface area contributed by atoms with Crippen molar-refractivity contribution >= 4 is 17.3 Å². The largest absolute Gasteiger partial charge is 0.391 e. The summed E-state index contributed by atoms with van der Waals surface area (Å²) in [5, 5.41) is 20.7. The van der Waals surface area contributed by atoms with Crippen molar-refractivity contribution in [2.24, 2.45) is 5.73 Å². The summed E-state index contributed by atoms with van der Waals surface area (Å²) >= 11 is 0. The van der Waals surface area contributed by atoms with Crippen LogP contribution in [0.15, 0.2) is 18.2 Å². The third-order valence-corrected chi connectivity index (χ3v) is 3.19. The second-order valence-electron chi connectivity index (χ2n) is 4.57. The number of nitrogens with zero attached hydrogens (tertiary/aromatic N) is 2. The van der Waals surface area contributed by atoms with Crippen LogP contribution in [-0.4, -0.2) is 35.1 Å². The Kier molecular flexibility index (Phi) is 3.66. The van der Waals surface area contributed by atoms with E-state index in [9.17, 15) is 20.0 Å². The molecule has 0 saturated carbocycles. The molecule has 1 aliphatic heterocycles. The van der Waals surface area contributed by atoms with Crippen LogP contribution in [0.4, 0.5) is 11.4 Å². The van der Waals surface area contributed by atoms with Crippen LogP contribution in [-0.2, 0) is 0 Å². The van der Waals surface area contributed by atoms with E-state index in [1.807, 2.05) is 0 Å². The first-order valence-corrected chi connectivity index (χ1v) is 6.00. The Balaban J connectivity index is 2.38. The van der Waals surface area contributed by atoms with Gasteiger partial charge in [0.05, 0.1) is 11.0 Å². The zero-order valence-corrected chi connectivity index (χ0v) is 10.3. The monoisotopic (exact) mass is 265 g/mol. The Morgan fingerprint density at radius 2 is 2.26 bits per heavy atom. The van der Waals surface area contributed by atoms with Gasteiger partial charge in [-0.05, 0) is 25.0 Å². The number of piperidine rings is 1. The summed E-state index contributed by atoms with van der Waals surface area (Å²) in [5.41, 5.74) is 5.47. The standard InChI is InChI=1S/C12H15N3O4/c13-12(17)8-3-4-10(11(6-8)15(18)19)14-5-1-2-9(16)7-14/h3-4,6,9,16H,1-2,5,7H2,(H2,13,17). The van der Waals surface area contributed by atoms with Crippen LogP contribution < -0.4 is 10.6 Å². The molecule has 1 unspecified atom stereocenters. The number of hydrogen-bond donors (Lipinski definition) is 2. The zero-order chi connectivity index (χ0) is 14.0. The third-order valence-electron chi connectivity index (χ3n) is 3.19. The highest BCUT2D eigenvalue weighted by molar-refractivity contribution is 5.94. The lowest BCUT2D eigenvalue weighted by molar-refractivity contribution is -0.384. The molecule has 1 amide bonds. The Hall–Kier alpha value is -2.15. The maximum absolute atomic E-state index is 11.1. The van der Waals surface area contributed by atoms with Gasteiger partial charge in [-0.2, -0.15) is 0 Å². The molecule has 0 radical (unpaired) electrons. The number of β-amino-alcohol motifs (C(OH)–C–C–N with tert-alkyl or cyclic N) is 1. The molecule has 3 N–H and O–H groups in total. The third kappa shape index (κ3) is 2.82. The van der Waals surface area contributed by atoms with Gasteiger partial charge in [0.2, 0.25) is 5.91 Å². The van der Waals surface area contributed by atoms with Crippen LogP contribution in [0.25, 0.3) is 0 Å².